The number of aromatic nitrogens is 5. The Balaban J connectivity index is 1.39. The molecule has 0 aliphatic carbocycles. The van der Waals surface area contributed by atoms with Gasteiger partial charge in [-0.2, -0.15) is 0 Å². The third kappa shape index (κ3) is 3.99. The van der Waals surface area contributed by atoms with Crippen LogP contribution < -0.4 is 9.80 Å². The van der Waals surface area contributed by atoms with Crippen molar-refractivity contribution in [2.75, 3.05) is 43.2 Å². The molecule has 1 aliphatic heterocycles. The molecule has 4 rings (SSSR count). The normalized spacial score (nSPS) is 14.1. The van der Waals surface area contributed by atoms with E-state index in [4.69, 9.17) is 4.74 Å². The number of benzene rings is 1. The first kappa shape index (κ1) is 18.1. The Morgan fingerprint density at radius 3 is 2.57 bits per heavy atom. The van der Waals surface area contributed by atoms with E-state index in [1.54, 1.807) is 22.8 Å². The zero-order valence-corrected chi connectivity index (χ0v) is 15.6. The molecule has 3 heterocycles. The molecule has 3 aromatic rings. The third-order valence-electron chi connectivity index (χ3n) is 4.73. The molecule has 28 heavy (non-hydrogen) atoms. The Hall–Kier alpha value is -3.33. The highest BCUT2D eigenvalue weighted by Crippen LogP contribution is 2.19. The van der Waals surface area contributed by atoms with Crippen LogP contribution in [-0.2, 0) is 16.0 Å². The van der Waals surface area contributed by atoms with Gasteiger partial charge in [0, 0.05) is 20.1 Å². The summed E-state index contributed by atoms with van der Waals surface area (Å²) in [5, 5.41) is 11.1. The first-order valence-electron chi connectivity index (χ1n) is 9.08. The Labute approximate surface area is 162 Å². The number of hydrogen-bond acceptors (Lipinski definition) is 7. The zero-order chi connectivity index (χ0) is 19.3. The van der Waals surface area contributed by atoms with Crippen LogP contribution in [0.1, 0.15) is 5.56 Å². The summed E-state index contributed by atoms with van der Waals surface area (Å²) in [6.07, 6.45) is 3.57. The summed E-state index contributed by atoms with van der Waals surface area (Å²) < 4.78 is 6.94. The number of carbonyl (C=O) groups is 1. The standard InChI is InChI=1S/C19H21N7O2/c1-24(17-6-7-18(20-13-17)25-8-10-28-11-9-25)19(27)12-15-2-4-16(5-3-15)26-14-21-22-23-26/h2-7,13-14H,8-12H2,1H3. The van der Waals surface area contributed by atoms with Gasteiger partial charge >= 0.3 is 0 Å². The highest BCUT2D eigenvalue weighted by Gasteiger charge is 2.15. The predicted molar refractivity (Wildman–Crippen MR) is 104 cm³/mol. The minimum atomic E-state index is -0.00362. The molecule has 1 saturated heterocycles. The van der Waals surface area contributed by atoms with Crippen molar-refractivity contribution < 1.29 is 9.53 Å². The van der Waals surface area contributed by atoms with Crippen LogP contribution in [0, 0.1) is 0 Å². The zero-order valence-electron chi connectivity index (χ0n) is 15.6. The summed E-state index contributed by atoms with van der Waals surface area (Å²) in [5.41, 5.74) is 2.54. The molecule has 0 N–H and O–H groups in total. The van der Waals surface area contributed by atoms with Crippen LogP contribution in [0.5, 0.6) is 0 Å². The van der Waals surface area contributed by atoms with Crippen molar-refractivity contribution in [2.45, 2.75) is 6.42 Å². The summed E-state index contributed by atoms with van der Waals surface area (Å²) >= 11 is 0. The molecule has 0 spiro atoms. The average molecular weight is 379 g/mol. The molecule has 0 saturated carbocycles. The highest BCUT2D eigenvalue weighted by atomic mass is 16.5. The molecule has 0 radical (unpaired) electrons. The van der Waals surface area contributed by atoms with Gasteiger partial charge in [-0.15, -0.1) is 5.10 Å². The monoisotopic (exact) mass is 379 g/mol. The third-order valence-corrected chi connectivity index (χ3v) is 4.73. The molecule has 144 valence electrons. The Bertz CT molecular complexity index is 904. The van der Waals surface area contributed by atoms with Gasteiger partial charge in [-0.25, -0.2) is 9.67 Å². The fourth-order valence-electron chi connectivity index (χ4n) is 3.04. The van der Waals surface area contributed by atoms with Crippen molar-refractivity contribution >= 4 is 17.4 Å². The number of tetrazole rings is 1. The summed E-state index contributed by atoms with van der Waals surface area (Å²) in [4.78, 5) is 21.0. The van der Waals surface area contributed by atoms with Gasteiger partial charge in [0.1, 0.15) is 12.1 Å². The largest absolute Gasteiger partial charge is 0.378 e. The number of morpholine rings is 1. The molecule has 0 unspecified atom stereocenters. The summed E-state index contributed by atoms with van der Waals surface area (Å²) in [5.74, 6) is 0.905. The molecule has 9 heteroatoms. The van der Waals surface area contributed by atoms with E-state index in [1.165, 1.54) is 6.33 Å². The van der Waals surface area contributed by atoms with Crippen molar-refractivity contribution in [1.29, 1.82) is 0 Å². The maximum Gasteiger partial charge on any atom is 0.231 e. The Morgan fingerprint density at radius 1 is 1.14 bits per heavy atom. The van der Waals surface area contributed by atoms with Crippen LogP contribution in [0.4, 0.5) is 11.5 Å². The number of carbonyl (C=O) groups excluding carboxylic acids is 1. The van der Waals surface area contributed by atoms with Gasteiger partial charge in [0.05, 0.1) is 37.2 Å². The lowest BCUT2D eigenvalue weighted by atomic mass is 10.1. The Morgan fingerprint density at radius 2 is 1.93 bits per heavy atom. The molecule has 2 aromatic heterocycles. The summed E-state index contributed by atoms with van der Waals surface area (Å²) in [6, 6.07) is 11.5. The van der Waals surface area contributed by atoms with E-state index < -0.39 is 0 Å². The average Bonchev–Trinajstić information content (AvgIpc) is 3.29. The smallest absolute Gasteiger partial charge is 0.231 e. The molecule has 1 aliphatic rings. The van der Waals surface area contributed by atoms with E-state index in [1.807, 2.05) is 36.4 Å². The van der Waals surface area contributed by atoms with E-state index in [2.05, 4.69) is 25.4 Å². The van der Waals surface area contributed by atoms with Crippen LogP contribution >= 0.6 is 0 Å². The van der Waals surface area contributed by atoms with E-state index in [0.29, 0.717) is 19.6 Å². The van der Waals surface area contributed by atoms with Crippen LogP contribution in [-0.4, -0.2) is 64.4 Å². The van der Waals surface area contributed by atoms with E-state index in [9.17, 15) is 4.79 Å². The molecule has 1 fully saturated rings. The highest BCUT2D eigenvalue weighted by molar-refractivity contribution is 5.94. The van der Waals surface area contributed by atoms with Crippen molar-refractivity contribution in [3.8, 4) is 5.69 Å². The number of nitrogens with zero attached hydrogens (tertiary/aromatic N) is 7. The fourth-order valence-corrected chi connectivity index (χ4v) is 3.04. The number of likely N-dealkylation sites (N-methyl/N-ethyl adjacent to an activating group) is 1. The quantitative estimate of drug-likeness (QED) is 0.656. The first-order valence-corrected chi connectivity index (χ1v) is 9.08. The molecular formula is C19H21N7O2. The molecule has 9 nitrogen and oxygen atoms in total. The van der Waals surface area contributed by atoms with Crippen molar-refractivity contribution in [2.24, 2.45) is 0 Å². The van der Waals surface area contributed by atoms with Crippen LogP contribution in [0.3, 0.4) is 0 Å². The lowest BCUT2D eigenvalue weighted by molar-refractivity contribution is -0.117. The van der Waals surface area contributed by atoms with E-state index in [0.717, 1.165) is 35.8 Å². The van der Waals surface area contributed by atoms with Crippen LogP contribution in [0.2, 0.25) is 0 Å². The van der Waals surface area contributed by atoms with Gasteiger partial charge in [-0.3, -0.25) is 4.79 Å². The molecule has 0 atom stereocenters. The summed E-state index contributed by atoms with van der Waals surface area (Å²) in [7, 11) is 1.77. The molecule has 0 bridgehead atoms. The predicted octanol–water partition coefficient (Wildman–Crippen LogP) is 1.10. The van der Waals surface area contributed by atoms with Crippen molar-refractivity contribution in [3.05, 3.63) is 54.5 Å². The second-order valence-corrected chi connectivity index (χ2v) is 6.52. The number of anilines is 2. The molecule has 1 aromatic carbocycles. The second kappa shape index (κ2) is 8.13. The second-order valence-electron chi connectivity index (χ2n) is 6.52. The van der Waals surface area contributed by atoms with E-state index >= 15 is 0 Å². The molecule has 1 amide bonds. The van der Waals surface area contributed by atoms with Gasteiger partial charge in [0.2, 0.25) is 5.91 Å². The lowest BCUT2D eigenvalue weighted by Gasteiger charge is -2.28. The van der Waals surface area contributed by atoms with Gasteiger partial charge in [-0.05, 0) is 40.3 Å². The lowest BCUT2D eigenvalue weighted by Crippen LogP contribution is -2.36. The van der Waals surface area contributed by atoms with Gasteiger partial charge in [-0.1, -0.05) is 12.1 Å². The van der Waals surface area contributed by atoms with Gasteiger partial charge < -0.3 is 14.5 Å². The topological polar surface area (TPSA) is 89.3 Å². The molecular weight excluding hydrogens is 358 g/mol. The fraction of sp³-hybridized carbons (Fsp3) is 0.316. The van der Waals surface area contributed by atoms with E-state index in [-0.39, 0.29) is 5.91 Å². The van der Waals surface area contributed by atoms with Crippen LogP contribution in [0.25, 0.3) is 5.69 Å². The maximum atomic E-state index is 12.6. The van der Waals surface area contributed by atoms with Crippen LogP contribution in [0.15, 0.2) is 48.9 Å². The minimum absolute atomic E-state index is 0.00362. The summed E-state index contributed by atoms with van der Waals surface area (Å²) in [6.45, 7) is 3.10. The number of amides is 1. The SMILES string of the molecule is CN(C(=O)Cc1ccc(-n2cnnn2)cc1)c1ccc(N2CCOCC2)nc1. The minimum Gasteiger partial charge on any atom is -0.378 e. The number of ether oxygens (including phenoxy) is 1. The number of pyridine rings is 1. The van der Waals surface area contributed by atoms with Gasteiger partial charge in [0.15, 0.2) is 0 Å². The number of rotatable bonds is 5. The number of hydrogen-bond donors (Lipinski definition) is 0. The van der Waals surface area contributed by atoms with Gasteiger partial charge in [0.25, 0.3) is 0 Å². The van der Waals surface area contributed by atoms with Crippen molar-refractivity contribution in [1.82, 2.24) is 25.2 Å². The first-order chi connectivity index (χ1) is 13.7. The maximum absolute atomic E-state index is 12.6. The van der Waals surface area contributed by atoms with Crippen molar-refractivity contribution in [3.63, 3.8) is 0 Å². The Kier molecular flexibility index (Phi) is 5.24.